The lowest BCUT2D eigenvalue weighted by Gasteiger charge is -2.12. The van der Waals surface area contributed by atoms with Gasteiger partial charge in [-0.2, -0.15) is 5.26 Å². The molecule has 2 heteroatoms. The number of hydrogen-bond donors (Lipinski definition) is 0. The van der Waals surface area contributed by atoms with Gasteiger partial charge in [-0.15, -0.1) is 0 Å². The summed E-state index contributed by atoms with van der Waals surface area (Å²) < 4.78 is 5.20. The zero-order valence-corrected chi connectivity index (χ0v) is 8.16. The summed E-state index contributed by atoms with van der Waals surface area (Å²) in [6.45, 7) is 4.11. The molecule has 0 saturated heterocycles. The van der Waals surface area contributed by atoms with Crippen LogP contribution in [0.1, 0.15) is 30.9 Å². The van der Waals surface area contributed by atoms with Crippen LogP contribution in [-0.2, 0) is 0 Å². The van der Waals surface area contributed by atoms with Gasteiger partial charge >= 0.3 is 0 Å². The van der Waals surface area contributed by atoms with Gasteiger partial charge in [0.1, 0.15) is 5.75 Å². The highest BCUT2D eigenvalue weighted by atomic mass is 16.5. The topological polar surface area (TPSA) is 33.0 Å². The van der Waals surface area contributed by atoms with E-state index in [0.717, 1.165) is 11.3 Å². The van der Waals surface area contributed by atoms with Crippen LogP contribution in [0.4, 0.5) is 0 Å². The van der Waals surface area contributed by atoms with Crippen molar-refractivity contribution in [1.29, 1.82) is 5.26 Å². The third-order valence-corrected chi connectivity index (χ3v) is 1.98. The van der Waals surface area contributed by atoms with E-state index in [1.54, 1.807) is 7.11 Å². The van der Waals surface area contributed by atoms with Crippen molar-refractivity contribution < 1.29 is 4.74 Å². The molecule has 68 valence electrons. The smallest absolute Gasteiger partial charge is 0.123 e. The fraction of sp³-hybridized carbons (Fsp3) is 0.364. The largest absolute Gasteiger partial charge is 0.496 e. The Morgan fingerprint density at radius 3 is 2.54 bits per heavy atom. The number of hydrogen-bond acceptors (Lipinski definition) is 2. The van der Waals surface area contributed by atoms with Crippen LogP contribution in [0.2, 0.25) is 0 Å². The molecule has 0 N–H and O–H groups in total. The van der Waals surface area contributed by atoms with Crippen LogP contribution in [0.3, 0.4) is 0 Å². The fourth-order valence-electron chi connectivity index (χ4n) is 1.42. The molecule has 0 radical (unpaired) electrons. The second-order valence-electron chi connectivity index (χ2n) is 3.19. The Morgan fingerprint density at radius 2 is 2.08 bits per heavy atom. The minimum atomic E-state index is 0.311. The van der Waals surface area contributed by atoms with Crippen molar-refractivity contribution in [3.8, 4) is 11.8 Å². The minimum Gasteiger partial charge on any atom is -0.496 e. The summed E-state index contributed by atoms with van der Waals surface area (Å²) in [4.78, 5) is 0. The number of nitrogens with zero attached hydrogens (tertiary/aromatic N) is 1. The molecule has 0 saturated carbocycles. The van der Waals surface area contributed by atoms with Crippen LogP contribution < -0.4 is 4.74 Å². The molecular weight excluding hydrogens is 162 g/mol. The molecule has 0 heterocycles. The van der Waals surface area contributed by atoms with Crippen molar-refractivity contribution >= 4 is 0 Å². The predicted molar refractivity (Wildman–Crippen MR) is 51.8 cm³/mol. The summed E-state index contributed by atoms with van der Waals surface area (Å²) in [6.07, 6.45) is 0. The summed E-state index contributed by atoms with van der Waals surface area (Å²) in [5, 5.41) is 8.88. The van der Waals surface area contributed by atoms with Crippen LogP contribution in [0.25, 0.3) is 0 Å². The molecule has 0 unspecified atom stereocenters. The molecule has 1 rings (SSSR count). The predicted octanol–water partition coefficient (Wildman–Crippen LogP) is 2.69. The molecule has 0 aromatic heterocycles. The number of benzene rings is 1. The quantitative estimate of drug-likeness (QED) is 0.692. The number of ether oxygens (including phenoxy) is 1. The lowest BCUT2D eigenvalue weighted by Crippen LogP contribution is -1.97. The second-order valence-corrected chi connectivity index (χ2v) is 3.19. The standard InChI is InChI=1S/C11H13NO/c1-8(2)11-9(7-12)5-4-6-10(11)13-3/h4-6,8H,1-3H3. The molecule has 0 spiro atoms. The van der Waals surface area contributed by atoms with Gasteiger partial charge in [0, 0.05) is 5.56 Å². The lowest BCUT2D eigenvalue weighted by atomic mass is 9.97. The van der Waals surface area contributed by atoms with Gasteiger partial charge in [0.15, 0.2) is 0 Å². The van der Waals surface area contributed by atoms with Crippen molar-refractivity contribution in [2.75, 3.05) is 7.11 Å². The van der Waals surface area contributed by atoms with Gasteiger partial charge < -0.3 is 4.74 Å². The first kappa shape index (κ1) is 9.60. The van der Waals surface area contributed by atoms with E-state index in [4.69, 9.17) is 10.00 Å². The van der Waals surface area contributed by atoms with Crippen LogP contribution >= 0.6 is 0 Å². The van der Waals surface area contributed by atoms with Gasteiger partial charge in [0.05, 0.1) is 18.7 Å². The van der Waals surface area contributed by atoms with Crippen LogP contribution in [0.15, 0.2) is 18.2 Å². The summed E-state index contributed by atoms with van der Waals surface area (Å²) in [7, 11) is 1.63. The number of rotatable bonds is 2. The monoisotopic (exact) mass is 175 g/mol. The van der Waals surface area contributed by atoms with Gasteiger partial charge in [0.25, 0.3) is 0 Å². The van der Waals surface area contributed by atoms with Crippen molar-refractivity contribution in [1.82, 2.24) is 0 Å². The molecule has 1 aromatic rings. The van der Waals surface area contributed by atoms with E-state index in [0.29, 0.717) is 11.5 Å². The Hall–Kier alpha value is -1.49. The molecule has 0 atom stereocenters. The fourth-order valence-corrected chi connectivity index (χ4v) is 1.42. The van der Waals surface area contributed by atoms with E-state index in [1.807, 2.05) is 18.2 Å². The van der Waals surface area contributed by atoms with E-state index in [2.05, 4.69) is 19.9 Å². The third-order valence-electron chi connectivity index (χ3n) is 1.98. The first-order valence-corrected chi connectivity index (χ1v) is 4.27. The van der Waals surface area contributed by atoms with Crippen molar-refractivity contribution in [2.24, 2.45) is 0 Å². The van der Waals surface area contributed by atoms with Crippen LogP contribution in [0.5, 0.6) is 5.75 Å². The molecule has 0 aliphatic carbocycles. The van der Waals surface area contributed by atoms with Crippen molar-refractivity contribution in [3.05, 3.63) is 29.3 Å². The van der Waals surface area contributed by atoms with E-state index in [9.17, 15) is 0 Å². The van der Waals surface area contributed by atoms with Gasteiger partial charge in [-0.3, -0.25) is 0 Å². The highest BCUT2D eigenvalue weighted by Crippen LogP contribution is 2.28. The van der Waals surface area contributed by atoms with Crippen LogP contribution in [0, 0.1) is 11.3 Å². The molecule has 0 fully saturated rings. The first-order chi connectivity index (χ1) is 6.20. The molecule has 0 bridgehead atoms. The Morgan fingerprint density at radius 1 is 1.38 bits per heavy atom. The summed E-state index contributed by atoms with van der Waals surface area (Å²) in [5.41, 5.74) is 1.70. The molecular formula is C11H13NO. The Labute approximate surface area is 78.8 Å². The van der Waals surface area contributed by atoms with Crippen molar-refractivity contribution in [3.63, 3.8) is 0 Å². The van der Waals surface area contributed by atoms with Gasteiger partial charge in [-0.1, -0.05) is 19.9 Å². The summed E-state index contributed by atoms with van der Waals surface area (Å²) in [6, 6.07) is 7.71. The van der Waals surface area contributed by atoms with E-state index in [1.165, 1.54) is 0 Å². The zero-order valence-electron chi connectivity index (χ0n) is 8.16. The highest BCUT2D eigenvalue weighted by Gasteiger charge is 2.11. The minimum absolute atomic E-state index is 0.311. The number of nitriles is 1. The third kappa shape index (κ3) is 1.81. The average molecular weight is 175 g/mol. The van der Waals surface area contributed by atoms with Crippen LogP contribution in [-0.4, -0.2) is 7.11 Å². The number of methoxy groups -OCH3 is 1. The van der Waals surface area contributed by atoms with Gasteiger partial charge in [-0.25, -0.2) is 0 Å². The summed E-state index contributed by atoms with van der Waals surface area (Å²) in [5.74, 6) is 1.11. The Kier molecular flexibility index (Phi) is 2.92. The van der Waals surface area contributed by atoms with Gasteiger partial charge in [-0.05, 0) is 18.1 Å². The highest BCUT2D eigenvalue weighted by molar-refractivity contribution is 5.48. The lowest BCUT2D eigenvalue weighted by molar-refractivity contribution is 0.407. The Bertz CT molecular complexity index is 336. The SMILES string of the molecule is COc1cccc(C#N)c1C(C)C. The van der Waals surface area contributed by atoms with E-state index >= 15 is 0 Å². The first-order valence-electron chi connectivity index (χ1n) is 4.27. The van der Waals surface area contributed by atoms with Gasteiger partial charge in [0.2, 0.25) is 0 Å². The maximum atomic E-state index is 8.88. The molecule has 1 aromatic carbocycles. The second kappa shape index (κ2) is 3.95. The molecule has 2 nitrogen and oxygen atoms in total. The van der Waals surface area contributed by atoms with E-state index in [-0.39, 0.29) is 0 Å². The van der Waals surface area contributed by atoms with Crippen molar-refractivity contribution in [2.45, 2.75) is 19.8 Å². The molecule has 0 aliphatic rings. The molecule has 0 aliphatic heterocycles. The normalized spacial score (nSPS) is 9.77. The van der Waals surface area contributed by atoms with E-state index < -0.39 is 0 Å². The Balaban J connectivity index is 3.32. The maximum Gasteiger partial charge on any atom is 0.123 e. The molecule has 0 amide bonds. The molecule has 13 heavy (non-hydrogen) atoms. The maximum absolute atomic E-state index is 8.88. The average Bonchev–Trinajstić information content (AvgIpc) is 2.16. The zero-order chi connectivity index (χ0) is 9.84. The summed E-state index contributed by atoms with van der Waals surface area (Å²) >= 11 is 0.